The molecule has 6 nitrogen and oxygen atoms in total. The summed E-state index contributed by atoms with van der Waals surface area (Å²) in [4.78, 5) is 26.3. The molecule has 0 spiro atoms. The van der Waals surface area contributed by atoms with Gasteiger partial charge in [-0.2, -0.15) is 0 Å². The van der Waals surface area contributed by atoms with Gasteiger partial charge in [-0.05, 0) is 35.7 Å². The van der Waals surface area contributed by atoms with Gasteiger partial charge in [-0.3, -0.25) is 4.79 Å². The number of ether oxygens (including phenoxy) is 1. The van der Waals surface area contributed by atoms with Crippen LogP contribution >= 0.6 is 0 Å². The van der Waals surface area contributed by atoms with E-state index in [-0.39, 0.29) is 11.5 Å². The second-order valence-corrected chi connectivity index (χ2v) is 8.04. The number of carbonyl (C=O) groups excluding carboxylic acids is 1. The monoisotopic (exact) mass is 460 g/mol. The molecule has 0 aliphatic heterocycles. The van der Waals surface area contributed by atoms with Gasteiger partial charge in [0.05, 0.1) is 0 Å². The fourth-order valence-electron chi connectivity index (χ4n) is 4.01. The van der Waals surface area contributed by atoms with Crippen LogP contribution in [0.2, 0.25) is 0 Å². The van der Waals surface area contributed by atoms with E-state index < -0.39 is 24.1 Å². The van der Waals surface area contributed by atoms with Gasteiger partial charge in [0.1, 0.15) is 5.56 Å². The number of carboxylic acid groups (broad SMARTS) is 1. The number of halogens is 1. The van der Waals surface area contributed by atoms with Crippen molar-refractivity contribution in [2.75, 3.05) is 13.2 Å². The number of hydrogen-bond acceptors (Lipinski definition) is 3. The first kappa shape index (κ1) is 23.0. The lowest BCUT2D eigenvalue weighted by Gasteiger charge is -2.23. The zero-order valence-corrected chi connectivity index (χ0v) is 18.8. The predicted molar refractivity (Wildman–Crippen MR) is 127 cm³/mol. The largest absolute Gasteiger partial charge is 0.480 e. The van der Waals surface area contributed by atoms with Gasteiger partial charge in [0, 0.05) is 37.2 Å². The zero-order chi connectivity index (χ0) is 24.1. The van der Waals surface area contributed by atoms with Crippen LogP contribution in [0.25, 0.3) is 10.9 Å². The molecule has 0 aliphatic carbocycles. The molecular weight excluding hydrogens is 435 g/mol. The molecule has 0 unspecified atom stereocenters. The van der Waals surface area contributed by atoms with Crippen molar-refractivity contribution in [3.63, 3.8) is 0 Å². The van der Waals surface area contributed by atoms with Gasteiger partial charge in [0.15, 0.2) is 18.2 Å². The molecule has 0 aliphatic rings. The number of fused-ring (bicyclic) bond motifs is 1. The van der Waals surface area contributed by atoms with E-state index >= 15 is 0 Å². The van der Waals surface area contributed by atoms with Gasteiger partial charge in [0.25, 0.3) is 5.91 Å². The summed E-state index contributed by atoms with van der Waals surface area (Å²) in [7, 11) is 1.96. The van der Waals surface area contributed by atoms with Crippen molar-refractivity contribution in [3.05, 3.63) is 102 Å². The lowest BCUT2D eigenvalue weighted by molar-refractivity contribution is -0.134. The third kappa shape index (κ3) is 5.09. The molecule has 0 atom stereocenters. The Balaban J connectivity index is 1.56. The Hall–Kier alpha value is -4.13. The molecule has 0 radical (unpaired) electrons. The number of aryl methyl sites for hydroxylation is 1. The average Bonchev–Trinajstić information content (AvgIpc) is 3.16. The van der Waals surface area contributed by atoms with Crippen LogP contribution < -0.4 is 4.74 Å². The normalized spacial score (nSPS) is 10.9. The van der Waals surface area contributed by atoms with Crippen molar-refractivity contribution in [2.24, 2.45) is 7.05 Å². The smallest absolute Gasteiger partial charge is 0.339 e. The van der Waals surface area contributed by atoms with Gasteiger partial charge >= 0.3 is 5.97 Å². The number of aromatic carboxylic acids is 1. The van der Waals surface area contributed by atoms with E-state index in [0.29, 0.717) is 19.5 Å². The van der Waals surface area contributed by atoms with Crippen LogP contribution in [-0.4, -0.2) is 39.6 Å². The summed E-state index contributed by atoms with van der Waals surface area (Å²) in [5.41, 5.74) is 2.80. The molecular formula is C27H25FN2O4. The van der Waals surface area contributed by atoms with E-state index in [0.717, 1.165) is 28.1 Å². The van der Waals surface area contributed by atoms with Gasteiger partial charge < -0.3 is 19.3 Å². The molecule has 4 rings (SSSR count). The highest BCUT2D eigenvalue weighted by Crippen LogP contribution is 2.24. The summed E-state index contributed by atoms with van der Waals surface area (Å²) in [6, 6.07) is 21.4. The maximum atomic E-state index is 14.2. The highest BCUT2D eigenvalue weighted by Gasteiger charge is 2.21. The molecule has 0 fully saturated rings. The number of para-hydroxylation sites is 2. The van der Waals surface area contributed by atoms with Gasteiger partial charge in [-0.25, -0.2) is 9.18 Å². The molecule has 0 saturated heterocycles. The van der Waals surface area contributed by atoms with Crippen molar-refractivity contribution in [2.45, 2.75) is 13.0 Å². The number of carboxylic acids is 1. The van der Waals surface area contributed by atoms with Gasteiger partial charge in [0.2, 0.25) is 0 Å². The zero-order valence-electron chi connectivity index (χ0n) is 18.8. The molecule has 7 heteroatoms. The summed E-state index contributed by atoms with van der Waals surface area (Å²) in [6.45, 7) is 0.304. The SMILES string of the molecule is Cn1cc(CN(CCc2ccccc2)C(=O)COc2c(F)cccc2C(=O)O)c2ccccc21. The lowest BCUT2D eigenvalue weighted by atomic mass is 10.1. The molecule has 1 N–H and O–H groups in total. The second-order valence-electron chi connectivity index (χ2n) is 8.04. The first-order valence-electron chi connectivity index (χ1n) is 10.9. The Morgan fingerprint density at radius 2 is 1.74 bits per heavy atom. The van der Waals surface area contributed by atoms with Crippen LogP contribution in [0.3, 0.4) is 0 Å². The van der Waals surface area contributed by atoms with Crippen molar-refractivity contribution >= 4 is 22.8 Å². The van der Waals surface area contributed by atoms with Crippen molar-refractivity contribution < 1.29 is 23.8 Å². The lowest BCUT2D eigenvalue weighted by Crippen LogP contribution is -2.36. The van der Waals surface area contributed by atoms with Gasteiger partial charge in [-0.15, -0.1) is 0 Å². The quantitative estimate of drug-likeness (QED) is 0.394. The topological polar surface area (TPSA) is 71.8 Å². The van der Waals surface area contributed by atoms with E-state index in [4.69, 9.17) is 4.74 Å². The van der Waals surface area contributed by atoms with Crippen molar-refractivity contribution in [1.29, 1.82) is 0 Å². The maximum Gasteiger partial charge on any atom is 0.339 e. The molecule has 174 valence electrons. The number of benzene rings is 3. The van der Waals surface area contributed by atoms with Crippen LogP contribution in [0.15, 0.2) is 79.0 Å². The van der Waals surface area contributed by atoms with E-state index in [2.05, 4.69) is 0 Å². The third-order valence-corrected chi connectivity index (χ3v) is 5.74. The molecule has 1 amide bonds. The molecule has 34 heavy (non-hydrogen) atoms. The van der Waals surface area contributed by atoms with Crippen LogP contribution in [0.1, 0.15) is 21.5 Å². The molecule has 0 bridgehead atoms. The van der Waals surface area contributed by atoms with Crippen molar-refractivity contribution in [1.82, 2.24) is 9.47 Å². The Kier molecular flexibility index (Phi) is 6.92. The predicted octanol–water partition coefficient (Wildman–Crippen LogP) is 4.67. The van der Waals surface area contributed by atoms with E-state index in [9.17, 15) is 19.1 Å². The van der Waals surface area contributed by atoms with Crippen LogP contribution in [0.5, 0.6) is 5.75 Å². The summed E-state index contributed by atoms with van der Waals surface area (Å²) >= 11 is 0. The first-order valence-corrected chi connectivity index (χ1v) is 10.9. The number of amides is 1. The Bertz CT molecular complexity index is 1320. The van der Waals surface area contributed by atoms with E-state index in [1.807, 2.05) is 72.4 Å². The summed E-state index contributed by atoms with van der Waals surface area (Å²) in [6.07, 6.45) is 2.63. The minimum Gasteiger partial charge on any atom is -0.480 e. The highest BCUT2D eigenvalue weighted by molar-refractivity contribution is 5.91. The Morgan fingerprint density at radius 3 is 2.50 bits per heavy atom. The molecule has 3 aromatic carbocycles. The van der Waals surface area contributed by atoms with Gasteiger partial charge in [-0.1, -0.05) is 54.6 Å². The fraction of sp³-hybridized carbons (Fsp3) is 0.185. The van der Waals surface area contributed by atoms with Crippen molar-refractivity contribution in [3.8, 4) is 5.75 Å². The average molecular weight is 461 g/mol. The highest BCUT2D eigenvalue weighted by atomic mass is 19.1. The summed E-state index contributed by atoms with van der Waals surface area (Å²) in [5.74, 6) is -2.93. The first-order chi connectivity index (χ1) is 16.4. The third-order valence-electron chi connectivity index (χ3n) is 5.74. The summed E-state index contributed by atoms with van der Waals surface area (Å²) < 4.78 is 21.7. The molecule has 1 heterocycles. The molecule has 1 aromatic heterocycles. The fourth-order valence-corrected chi connectivity index (χ4v) is 4.01. The van der Waals surface area contributed by atoms with Crippen LogP contribution in [0.4, 0.5) is 4.39 Å². The second kappa shape index (κ2) is 10.2. The maximum absolute atomic E-state index is 14.2. The Morgan fingerprint density at radius 1 is 1.00 bits per heavy atom. The minimum atomic E-state index is -1.32. The number of aromatic nitrogens is 1. The summed E-state index contributed by atoms with van der Waals surface area (Å²) in [5, 5.41) is 10.4. The molecule has 0 saturated carbocycles. The van der Waals surface area contributed by atoms with Crippen LogP contribution in [-0.2, 0) is 24.8 Å². The molecule has 4 aromatic rings. The van der Waals surface area contributed by atoms with E-state index in [1.165, 1.54) is 12.1 Å². The number of hydrogen-bond donors (Lipinski definition) is 1. The number of nitrogens with zero attached hydrogens (tertiary/aromatic N) is 2. The van der Waals surface area contributed by atoms with E-state index in [1.54, 1.807) is 4.90 Å². The number of rotatable bonds is 9. The standard InChI is InChI=1S/C27H25FN2O4/c1-29-16-20(21-10-5-6-13-24(21)29)17-30(15-14-19-8-3-2-4-9-19)25(31)18-34-26-22(27(32)33)11-7-12-23(26)28/h2-13,16H,14-15,17-18H2,1H3,(H,32,33). The minimum absolute atomic E-state index is 0.322. The number of carbonyl (C=O) groups is 2. The Labute approximate surface area is 196 Å². The van der Waals surface area contributed by atoms with Crippen LogP contribution in [0, 0.1) is 5.82 Å².